The summed E-state index contributed by atoms with van der Waals surface area (Å²) in [5, 5.41) is 8.91. The summed E-state index contributed by atoms with van der Waals surface area (Å²) in [5.74, 6) is -0.627. The Morgan fingerprint density at radius 1 is 1.67 bits per heavy atom. The molecule has 0 aliphatic heterocycles. The molecule has 0 bridgehead atoms. The lowest BCUT2D eigenvalue weighted by atomic mass is 10.2. The Morgan fingerprint density at radius 3 is 2.87 bits per heavy atom. The van der Waals surface area contributed by atoms with Gasteiger partial charge in [-0.05, 0) is 25.1 Å². The zero-order valence-corrected chi connectivity index (χ0v) is 8.78. The Hall–Kier alpha value is -1.73. The Morgan fingerprint density at radius 2 is 2.33 bits per heavy atom. The van der Waals surface area contributed by atoms with Crippen molar-refractivity contribution in [3.8, 4) is 6.07 Å². The van der Waals surface area contributed by atoms with E-state index in [1.165, 1.54) is 25.1 Å². The fourth-order valence-electron chi connectivity index (χ4n) is 0.970. The smallest absolute Gasteiger partial charge is 0.341 e. The van der Waals surface area contributed by atoms with E-state index in [1.54, 1.807) is 6.07 Å². The third kappa shape index (κ3) is 2.86. The van der Waals surface area contributed by atoms with Crippen molar-refractivity contribution < 1.29 is 9.53 Å². The summed E-state index contributed by atoms with van der Waals surface area (Å²) in [6.45, 7) is 1.48. The average Bonchev–Trinajstić information content (AvgIpc) is 2.17. The van der Waals surface area contributed by atoms with Crippen molar-refractivity contribution in [2.45, 2.75) is 13.0 Å². The van der Waals surface area contributed by atoms with Gasteiger partial charge in [-0.1, -0.05) is 11.6 Å². The van der Waals surface area contributed by atoms with Crippen molar-refractivity contribution in [1.82, 2.24) is 0 Å². The third-order valence-electron chi connectivity index (χ3n) is 1.70. The molecule has 4 nitrogen and oxygen atoms in total. The molecule has 5 heteroatoms. The predicted molar refractivity (Wildman–Crippen MR) is 56.4 cm³/mol. The van der Waals surface area contributed by atoms with Gasteiger partial charge in [0, 0.05) is 10.7 Å². The molecule has 1 unspecified atom stereocenters. The van der Waals surface area contributed by atoms with E-state index in [-0.39, 0.29) is 11.3 Å². The monoisotopic (exact) mass is 224 g/mol. The van der Waals surface area contributed by atoms with Crippen LogP contribution in [0, 0.1) is 11.3 Å². The second kappa shape index (κ2) is 4.67. The molecule has 1 aromatic carbocycles. The molecule has 0 fully saturated rings. The summed E-state index contributed by atoms with van der Waals surface area (Å²) in [4.78, 5) is 11.4. The zero-order chi connectivity index (χ0) is 11.4. The van der Waals surface area contributed by atoms with Crippen LogP contribution in [0.5, 0.6) is 0 Å². The van der Waals surface area contributed by atoms with Crippen molar-refractivity contribution in [3.63, 3.8) is 0 Å². The molecular formula is C10H9ClN2O2. The maximum Gasteiger partial charge on any atom is 0.341 e. The van der Waals surface area contributed by atoms with Crippen LogP contribution in [0.2, 0.25) is 5.02 Å². The number of nitriles is 1. The van der Waals surface area contributed by atoms with Gasteiger partial charge in [0.25, 0.3) is 0 Å². The van der Waals surface area contributed by atoms with Crippen LogP contribution in [0.4, 0.5) is 5.69 Å². The number of nitrogens with two attached hydrogens (primary N) is 1. The maximum absolute atomic E-state index is 11.4. The van der Waals surface area contributed by atoms with Gasteiger partial charge in [0.2, 0.25) is 0 Å². The second-order valence-corrected chi connectivity index (χ2v) is 3.34. The van der Waals surface area contributed by atoms with Gasteiger partial charge in [-0.15, -0.1) is 0 Å². The number of halogens is 1. The molecule has 0 saturated carbocycles. The zero-order valence-electron chi connectivity index (χ0n) is 8.03. The number of nitrogens with zero attached hydrogens (tertiary/aromatic N) is 1. The summed E-state index contributed by atoms with van der Waals surface area (Å²) >= 11 is 5.67. The largest absolute Gasteiger partial charge is 0.444 e. The molecular weight excluding hydrogens is 216 g/mol. The van der Waals surface area contributed by atoms with Crippen molar-refractivity contribution in [1.29, 1.82) is 5.26 Å². The lowest BCUT2D eigenvalue weighted by Crippen LogP contribution is -2.14. The molecule has 78 valence electrons. The van der Waals surface area contributed by atoms with Gasteiger partial charge in [-0.2, -0.15) is 5.26 Å². The third-order valence-corrected chi connectivity index (χ3v) is 1.93. The van der Waals surface area contributed by atoms with Crippen LogP contribution in [0.25, 0.3) is 0 Å². The maximum atomic E-state index is 11.4. The Kier molecular flexibility index (Phi) is 3.53. The molecule has 2 N–H and O–H groups in total. The molecule has 0 aromatic heterocycles. The van der Waals surface area contributed by atoms with Crippen LogP contribution < -0.4 is 5.73 Å². The number of anilines is 1. The molecule has 0 amide bonds. The quantitative estimate of drug-likeness (QED) is 0.616. The van der Waals surface area contributed by atoms with E-state index in [4.69, 9.17) is 27.3 Å². The first-order chi connectivity index (χ1) is 7.04. The highest BCUT2D eigenvalue weighted by molar-refractivity contribution is 6.31. The van der Waals surface area contributed by atoms with Crippen LogP contribution in [0.3, 0.4) is 0 Å². The molecule has 15 heavy (non-hydrogen) atoms. The van der Waals surface area contributed by atoms with Crippen molar-refractivity contribution >= 4 is 23.3 Å². The van der Waals surface area contributed by atoms with Gasteiger partial charge in [0.05, 0.1) is 5.56 Å². The lowest BCUT2D eigenvalue weighted by molar-refractivity contribution is 0.0437. The van der Waals surface area contributed by atoms with Gasteiger partial charge in [0.1, 0.15) is 6.07 Å². The first kappa shape index (κ1) is 11.3. The Balaban J connectivity index is 2.88. The number of carbonyl (C=O) groups excluding carboxylic acids is 1. The fraction of sp³-hybridized carbons (Fsp3) is 0.200. The normalized spacial score (nSPS) is 11.5. The fourth-order valence-corrected chi connectivity index (χ4v) is 1.15. The van der Waals surface area contributed by atoms with Crippen LogP contribution in [-0.2, 0) is 4.74 Å². The van der Waals surface area contributed by atoms with Crippen LogP contribution in [0.15, 0.2) is 18.2 Å². The summed E-state index contributed by atoms with van der Waals surface area (Å²) in [6.07, 6.45) is -0.799. The summed E-state index contributed by atoms with van der Waals surface area (Å²) in [7, 11) is 0. The van der Waals surface area contributed by atoms with E-state index in [1.807, 2.05) is 0 Å². The number of rotatable bonds is 2. The van der Waals surface area contributed by atoms with Crippen LogP contribution >= 0.6 is 11.6 Å². The van der Waals surface area contributed by atoms with Crippen molar-refractivity contribution in [2.24, 2.45) is 0 Å². The van der Waals surface area contributed by atoms with E-state index in [0.717, 1.165) is 0 Å². The Labute approximate surface area is 92.2 Å². The number of benzene rings is 1. The standard InChI is InChI=1S/C10H9ClN2O2/c1-6(5-12)15-10(14)8-3-2-7(11)4-9(8)13/h2-4,6H,13H2,1H3. The number of ether oxygens (including phenoxy) is 1. The predicted octanol–water partition coefficient (Wildman–Crippen LogP) is 1.99. The molecule has 0 heterocycles. The lowest BCUT2D eigenvalue weighted by Gasteiger charge is -2.07. The minimum atomic E-state index is -0.799. The second-order valence-electron chi connectivity index (χ2n) is 2.91. The molecule has 0 aliphatic rings. The molecule has 0 radical (unpaired) electrons. The van der Waals surface area contributed by atoms with Gasteiger partial charge in [-0.3, -0.25) is 0 Å². The summed E-state index contributed by atoms with van der Waals surface area (Å²) in [6, 6.07) is 6.24. The van der Waals surface area contributed by atoms with E-state index in [0.29, 0.717) is 5.02 Å². The van der Waals surface area contributed by atoms with Crippen molar-refractivity contribution in [3.05, 3.63) is 28.8 Å². The van der Waals surface area contributed by atoms with E-state index in [2.05, 4.69) is 0 Å². The van der Waals surface area contributed by atoms with Crippen LogP contribution in [0.1, 0.15) is 17.3 Å². The average molecular weight is 225 g/mol. The number of hydrogen-bond donors (Lipinski definition) is 1. The van der Waals surface area contributed by atoms with Crippen molar-refractivity contribution in [2.75, 3.05) is 5.73 Å². The Bertz CT molecular complexity index is 426. The first-order valence-electron chi connectivity index (χ1n) is 4.20. The molecule has 0 spiro atoms. The van der Waals surface area contributed by atoms with Gasteiger partial charge in [-0.25, -0.2) is 4.79 Å². The molecule has 1 atom stereocenters. The van der Waals surface area contributed by atoms with E-state index >= 15 is 0 Å². The van der Waals surface area contributed by atoms with Gasteiger partial charge >= 0.3 is 5.97 Å². The number of esters is 1. The highest BCUT2D eigenvalue weighted by atomic mass is 35.5. The molecule has 0 saturated heterocycles. The molecule has 0 aliphatic carbocycles. The first-order valence-corrected chi connectivity index (χ1v) is 4.58. The molecule has 1 rings (SSSR count). The SMILES string of the molecule is CC(C#N)OC(=O)c1ccc(Cl)cc1N. The number of nitrogen functional groups attached to an aromatic ring is 1. The highest BCUT2D eigenvalue weighted by Gasteiger charge is 2.14. The highest BCUT2D eigenvalue weighted by Crippen LogP contribution is 2.19. The summed E-state index contributed by atoms with van der Waals surface area (Å²) in [5.41, 5.74) is 6.01. The van der Waals surface area contributed by atoms with E-state index < -0.39 is 12.1 Å². The van der Waals surface area contributed by atoms with Gasteiger partial charge < -0.3 is 10.5 Å². The van der Waals surface area contributed by atoms with Gasteiger partial charge in [0.15, 0.2) is 6.10 Å². The minimum Gasteiger partial charge on any atom is -0.444 e. The number of carbonyl (C=O) groups is 1. The topological polar surface area (TPSA) is 76.1 Å². The number of hydrogen-bond acceptors (Lipinski definition) is 4. The van der Waals surface area contributed by atoms with E-state index in [9.17, 15) is 4.79 Å². The molecule has 1 aromatic rings. The minimum absolute atomic E-state index is 0.210. The summed E-state index contributed by atoms with van der Waals surface area (Å²) < 4.78 is 4.78. The van der Waals surface area contributed by atoms with Crippen LogP contribution in [-0.4, -0.2) is 12.1 Å².